The van der Waals surface area contributed by atoms with Crippen LogP contribution < -0.4 is 120 Å². The third-order valence-corrected chi connectivity index (χ3v) is 22.0. The molecule has 2 aromatic rings. The highest BCUT2D eigenvalue weighted by Gasteiger charge is 2.40. The van der Waals surface area contributed by atoms with Crippen LogP contribution >= 0.6 is 0 Å². The Hall–Kier alpha value is -12.1. The third-order valence-electron chi connectivity index (χ3n) is 22.0. The Morgan fingerprint density at radius 2 is 0.773 bits per heavy atom. The minimum absolute atomic E-state index is 0.0453. The average molecular weight is 1860 g/mol. The van der Waals surface area contributed by atoms with Gasteiger partial charge in [0.1, 0.15) is 84.6 Å². The molecule has 0 unspecified atom stereocenters. The van der Waals surface area contributed by atoms with Crippen molar-refractivity contribution in [3.8, 4) is 0 Å². The zero-order chi connectivity index (χ0) is 99.9. The summed E-state index contributed by atoms with van der Waals surface area (Å²) in [7, 11) is 0. The van der Waals surface area contributed by atoms with Crippen molar-refractivity contribution in [2.45, 2.75) is 329 Å². The molecule has 0 bridgehead atoms. The number of benzene rings is 1. The van der Waals surface area contributed by atoms with E-state index in [0.29, 0.717) is 35.7 Å². The lowest BCUT2D eigenvalue weighted by Gasteiger charge is -2.30. The van der Waals surface area contributed by atoms with Crippen LogP contribution in [0.3, 0.4) is 0 Å². The molecule has 0 saturated heterocycles. The highest BCUT2D eigenvalue weighted by atomic mass is 16.3. The quantitative estimate of drug-likeness (QED) is 0.0178. The van der Waals surface area contributed by atoms with Gasteiger partial charge in [0.15, 0.2) is 5.96 Å². The number of aliphatic hydroxyl groups excluding tert-OH is 1. The van der Waals surface area contributed by atoms with E-state index in [-0.39, 0.29) is 120 Å². The predicted molar refractivity (Wildman–Crippen MR) is 493 cm³/mol. The minimum atomic E-state index is -1.80. The van der Waals surface area contributed by atoms with Gasteiger partial charge >= 0.3 is 0 Å². The van der Waals surface area contributed by atoms with Gasteiger partial charge in [-0.15, -0.1) is 0 Å². The number of nitrogens with two attached hydrogens (primary N) is 7. The van der Waals surface area contributed by atoms with Crippen LogP contribution in [0.1, 0.15) is 238 Å². The molecule has 132 heavy (non-hydrogen) atoms. The summed E-state index contributed by atoms with van der Waals surface area (Å²) >= 11 is 0. The van der Waals surface area contributed by atoms with Crippen LogP contribution in [-0.2, 0) is 97.5 Å². The van der Waals surface area contributed by atoms with Crippen LogP contribution in [-0.4, -0.2) is 239 Å². The number of guanidine groups is 1. The molecule has 0 fully saturated rings. The summed E-state index contributed by atoms with van der Waals surface area (Å²) in [6, 6.07) is -13.4. The fourth-order valence-corrected chi connectivity index (χ4v) is 14.0. The average Bonchev–Trinajstić information content (AvgIpc) is 1.64. The van der Waals surface area contributed by atoms with Gasteiger partial charge in [-0.25, -0.2) is 0 Å². The molecular formula is C88H150N24O20. The van der Waals surface area contributed by atoms with Crippen molar-refractivity contribution in [3.05, 3.63) is 36.0 Å². The summed E-state index contributed by atoms with van der Waals surface area (Å²) in [4.78, 5) is 270. The molecule has 0 spiro atoms. The SMILES string of the molecule is CCCCCC(=O)N[C@@H](CC(C)C)C(=O)N[C@@H](CCC(N)=O)C(=O)N[C@@H](CC(C)C)C(=O)N[C@H](C(=O)N[C@H](C(=O)N[C@@H](Cc1c[nH]c2ccccc12)C(=O)NCC(=O)N[C@H](C(=O)N[C@@H](CCCCN)C(=O)N[C@@H](CCC(N)=O)C(=O)N[C@@H](CC(C)C)C(=O)N[C@@H](CCC(N)=O)C(=O)N[C@@H](C)C(=O)N[C@@H](CCCN=C(N)N)C(=O)N[C@H](C(N)=O)[C@@H](C)CC)[C@@H](C)CC)C(C)C)[C@@H](C)O. The number of hydrogen-bond donors (Lipinski definition) is 24. The Kier molecular flexibility index (Phi) is 52.7. The Morgan fingerprint density at radius 1 is 0.379 bits per heavy atom. The summed E-state index contributed by atoms with van der Waals surface area (Å²) in [5.74, 6) is -19.8. The Balaban J connectivity index is 2.53. The largest absolute Gasteiger partial charge is 0.391 e. The zero-order valence-electron chi connectivity index (χ0n) is 79.2. The van der Waals surface area contributed by atoms with Gasteiger partial charge in [-0.1, -0.05) is 134 Å². The van der Waals surface area contributed by atoms with Crippen LogP contribution in [0.25, 0.3) is 10.9 Å². The summed E-state index contributed by atoms with van der Waals surface area (Å²) in [6.45, 7) is 24.2. The molecule has 0 aliphatic rings. The molecule has 2 rings (SSSR count). The second kappa shape index (κ2) is 60.0. The first-order valence-corrected chi connectivity index (χ1v) is 45.6. The number of aliphatic hydroxyl groups is 1. The lowest BCUT2D eigenvalue weighted by molar-refractivity contribution is -0.137. The van der Waals surface area contributed by atoms with Gasteiger partial charge in [0, 0.05) is 55.7 Å². The monoisotopic (exact) mass is 1860 g/mol. The van der Waals surface area contributed by atoms with Crippen molar-refractivity contribution in [1.29, 1.82) is 0 Å². The van der Waals surface area contributed by atoms with Gasteiger partial charge in [0.25, 0.3) is 0 Å². The Morgan fingerprint density at radius 3 is 1.23 bits per heavy atom. The number of carbonyl (C=O) groups excluding carboxylic acids is 19. The van der Waals surface area contributed by atoms with Gasteiger partial charge in [0.05, 0.1) is 12.6 Å². The number of aromatic nitrogens is 1. The summed E-state index contributed by atoms with van der Waals surface area (Å²) in [5.41, 5.74) is 40.1. The summed E-state index contributed by atoms with van der Waals surface area (Å²) in [5, 5.41) is 50.6. The standard InChI is InChI=1S/C88H150N24O20/c1-16-19-20-30-68(117)100-61(39-45(4)5)82(127)104-60(33-36-67(92)116)80(125)107-63(41-47(8)9)84(129)112-73(52(15)113)87(132)110-70(48(10)11)85(130)108-64(42-53-43-97-55-27-22-21-26-54(53)55)76(121)98-44-69(118)109-72(50(13)18-3)86(131)105-56(28-23-24-37-89)78(123)102-59(32-35-66(91)115)79(124)106-62(40-46(6)7)83(128)103-58(31-34-65(90)114)77(122)99-51(14)75(120)101-57(29-25-38-96-88(94)95)81(126)111-71(74(93)119)49(12)17-2/h21-22,26-27,43,45-52,56-64,70-73,97,113H,16-20,23-25,28-42,44,89H2,1-15H3,(H2,90,114)(H2,91,115)(H2,92,116)(H2,93,119)(H,98,121)(H,99,122)(H,100,117)(H,101,120)(H,102,123)(H,103,128)(H,104,127)(H,105,131)(H,106,124)(H,107,125)(H,108,130)(H,109,118)(H,110,132)(H,111,126)(H,112,129)(H4,94,95,96)/t49-,50-,51-,52+,56-,57-,58-,59-,60-,61-,62-,63-,64-,70-,71-,72-,73-/m0/s1. The maximum absolute atomic E-state index is 14.7. The van der Waals surface area contributed by atoms with Crippen molar-refractivity contribution in [3.63, 3.8) is 0 Å². The Bertz CT molecular complexity index is 4210. The molecule has 31 N–H and O–H groups in total. The van der Waals surface area contributed by atoms with E-state index in [0.717, 1.165) is 12.8 Å². The number of carbonyl (C=O) groups is 19. The number of H-pyrrole nitrogens is 1. The van der Waals surface area contributed by atoms with Gasteiger partial charge in [-0.05, 0) is 145 Å². The molecule has 0 aliphatic heterocycles. The van der Waals surface area contributed by atoms with Gasteiger partial charge < -0.3 is 130 Å². The number of fused-ring (bicyclic) bond motifs is 1. The van der Waals surface area contributed by atoms with E-state index in [1.165, 1.54) is 13.8 Å². The van der Waals surface area contributed by atoms with E-state index in [9.17, 15) is 96.2 Å². The van der Waals surface area contributed by atoms with E-state index in [1.807, 2.05) is 20.8 Å². The number of nitrogens with one attached hydrogen (secondary N) is 16. The first-order chi connectivity index (χ1) is 62.0. The normalized spacial score (nSPS) is 15.2. The number of hydrogen-bond acceptors (Lipinski definition) is 22. The van der Waals surface area contributed by atoms with Crippen molar-refractivity contribution >= 4 is 129 Å². The lowest BCUT2D eigenvalue weighted by atomic mass is 9.97. The maximum atomic E-state index is 14.7. The van der Waals surface area contributed by atoms with Crippen LogP contribution in [0.2, 0.25) is 0 Å². The fourth-order valence-electron chi connectivity index (χ4n) is 14.0. The number of primary amides is 4. The number of nitrogens with zero attached hydrogens (tertiary/aromatic N) is 1. The van der Waals surface area contributed by atoms with Crippen molar-refractivity contribution in [2.75, 3.05) is 19.6 Å². The highest BCUT2D eigenvalue weighted by Crippen LogP contribution is 2.22. The molecule has 44 heteroatoms. The number of rotatable bonds is 65. The molecule has 1 heterocycles. The third kappa shape index (κ3) is 43.3. The van der Waals surface area contributed by atoms with Crippen LogP contribution in [0.4, 0.5) is 0 Å². The summed E-state index contributed by atoms with van der Waals surface area (Å²) < 4.78 is 0. The predicted octanol–water partition coefficient (Wildman–Crippen LogP) is -3.05. The second-order valence-corrected chi connectivity index (χ2v) is 35.4. The van der Waals surface area contributed by atoms with E-state index >= 15 is 0 Å². The van der Waals surface area contributed by atoms with Crippen LogP contribution in [0.15, 0.2) is 35.5 Å². The molecule has 1 aromatic heterocycles. The lowest BCUT2D eigenvalue weighted by Crippen LogP contribution is -2.62. The van der Waals surface area contributed by atoms with Gasteiger partial charge in [-0.2, -0.15) is 0 Å². The topological polar surface area (TPSA) is 735 Å². The molecule has 1 aromatic carbocycles. The van der Waals surface area contributed by atoms with E-state index < -0.39 is 247 Å². The number of unbranched alkanes of at least 4 members (excludes halogenated alkanes) is 3. The maximum Gasteiger partial charge on any atom is 0.245 e. The van der Waals surface area contributed by atoms with E-state index in [2.05, 4.69) is 89.7 Å². The fraction of sp³-hybridized carbons (Fsp3) is 0.682. The molecule has 0 aliphatic carbocycles. The Labute approximate surface area is 772 Å². The van der Waals surface area contributed by atoms with Crippen molar-refractivity contribution in [1.82, 2.24) is 84.7 Å². The molecule has 19 amide bonds. The van der Waals surface area contributed by atoms with E-state index in [1.54, 1.807) is 99.7 Å². The molecular weight excluding hydrogens is 1710 g/mol. The van der Waals surface area contributed by atoms with Gasteiger partial charge in [-0.3, -0.25) is 96.1 Å². The van der Waals surface area contributed by atoms with Crippen LogP contribution in [0, 0.1) is 35.5 Å². The number of amides is 19. The number of para-hydroxylation sites is 1. The molecule has 0 saturated carbocycles. The number of aromatic amines is 1. The first kappa shape index (κ1) is 116. The molecule has 44 nitrogen and oxygen atoms in total. The van der Waals surface area contributed by atoms with Crippen LogP contribution in [0.5, 0.6) is 0 Å². The smallest absolute Gasteiger partial charge is 0.245 e. The van der Waals surface area contributed by atoms with Crippen molar-refractivity contribution < 1.29 is 96.2 Å². The first-order valence-electron chi connectivity index (χ1n) is 45.6. The minimum Gasteiger partial charge on any atom is -0.391 e. The highest BCUT2D eigenvalue weighted by molar-refractivity contribution is 6.01. The molecule has 17 atom stereocenters. The van der Waals surface area contributed by atoms with Crippen molar-refractivity contribution in [2.24, 2.45) is 80.6 Å². The zero-order valence-corrected chi connectivity index (χ0v) is 79.2. The molecule has 0 radical (unpaired) electrons. The summed E-state index contributed by atoms with van der Waals surface area (Å²) in [6.07, 6.45) is 0.770. The van der Waals surface area contributed by atoms with Gasteiger partial charge in [0.2, 0.25) is 112 Å². The molecule has 742 valence electrons. The van der Waals surface area contributed by atoms with E-state index in [4.69, 9.17) is 40.1 Å². The second-order valence-electron chi connectivity index (χ2n) is 35.4. The number of aliphatic imine (C=N–C) groups is 1.